The van der Waals surface area contributed by atoms with E-state index < -0.39 is 0 Å². The second-order valence-corrected chi connectivity index (χ2v) is 5.59. The molecular weight excluding hydrogens is 248 g/mol. The minimum absolute atomic E-state index is 0.322. The zero-order valence-corrected chi connectivity index (χ0v) is 12.6. The molecule has 0 amide bonds. The number of hydrogen-bond donors (Lipinski definition) is 0. The first kappa shape index (κ1) is 15.0. The lowest BCUT2D eigenvalue weighted by Crippen LogP contribution is -2.31. The molecule has 0 aliphatic heterocycles. The molecule has 1 heterocycles. The summed E-state index contributed by atoms with van der Waals surface area (Å²) in [6, 6.07) is 0.380. The van der Waals surface area contributed by atoms with Gasteiger partial charge in [-0.25, -0.2) is 9.78 Å². The lowest BCUT2D eigenvalue weighted by Gasteiger charge is -2.25. The molecule has 0 aliphatic rings. The third kappa shape index (κ3) is 3.45. The molecule has 1 aromatic heterocycles. The zero-order valence-electron chi connectivity index (χ0n) is 11.8. The molecular formula is C13H22N2O2S. The normalized spacial score (nSPS) is 10.8. The molecule has 0 bridgehead atoms. The maximum absolute atomic E-state index is 11.7. The smallest absolute Gasteiger partial charge is 0.358 e. The maximum Gasteiger partial charge on any atom is 0.358 e. The van der Waals surface area contributed by atoms with Crippen LogP contribution in [0, 0.1) is 6.92 Å². The van der Waals surface area contributed by atoms with Crippen molar-refractivity contribution in [1.82, 2.24) is 4.98 Å². The molecule has 0 radical (unpaired) electrons. The summed E-state index contributed by atoms with van der Waals surface area (Å²) in [6.07, 6.45) is 1.06. The van der Waals surface area contributed by atoms with Crippen LogP contribution in [0.1, 0.15) is 49.5 Å². The molecule has 0 spiro atoms. The Labute approximate surface area is 113 Å². The second kappa shape index (κ2) is 6.73. The summed E-state index contributed by atoms with van der Waals surface area (Å²) in [7, 11) is 0. The van der Waals surface area contributed by atoms with E-state index in [1.54, 1.807) is 18.3 Å². The Kier molecular flexibility index (Phi) is 5.59. The van der Waals surface area contributed by atoms with Crippen LogP contribution >= 0.6 is 11.3 Å². The second-order valence-electron chi connectivity index (χ2n) is 4.41. The van der Waals surface area contributed by atoms with Gasteiger partial charge < -0.3 is 9.64 Å². The Bertz CT molecular complexity index is 402. The van der Waals surface area contributed by atoms with Gasteiger partial charge in [0.25, 0.3) is 0 Å². The number of thiazole rings is 1. The van der Waals surface area contributed by atoms with E-state index in [2.05, 4.69) is 30.7 Å². The third-order valence-corrected chi connectivity index (χ3v) is 3.60. The molecule has 18 heavy (non-hydrogen) atoms. The van der Waals surface area contributed by atoms with Crippen molar-refractivity contribution >= 4 is 22.4 Å². The number of aromatic nitrogens is 1. The Morgan fingerprint density at radius 3 is 2.61 bits per heavy atom. The van der Waals surface area contributed by atoms with Gasteiger partial charge in [0, 0.05) is 17.5 Å². The molecule has 0 aromatic carbocycles. The predicted molar refractivity (Wildman–Crippen MR) is 75.6 cm³/mol. The highest BCUT2D eigenvalue weighted by atomic mass is 32.1. The molecule has 4 nitrogen and oxygen atoms in total. The first-order valence-corrected chi connectivity index (χ1v) is 7.24. The van der Waals surface area contributed by atoms with Gasteiger partial charge in [0.1, 0.15) is 0 Å². The third-order valence-electron chi connectivity index (χ3n) is 2.59. The number of anilines is 1. The number of ether oxygens (including phenoxy) is 1. The van der Waals surface area contributed by atoms with E-state index in [9.17, 15) is 4.79 Å². The standard InChI is InChI=1S/C13H22N2O2S/c1-6-8-15(9(3)4)13-14-11(10(5)18-13)12(16)17-7-2/h9H,6-8H2,1-5H3. The maximum atomic E-state index is 11.7. The number of aryl methyl sites for hydroxylation is 1. The average molecular weight is 270 g/mol. The van der Waals surface area contributed by atoms with Gasteiger partial charge in [-0.2, -0.15) is 0 Å². The number of esters is 1. The van der Waals surface area contributed by atoms with Gasteiger partial charge in [-0.3, -0.25) is 0 Å². The molecule has 0 aliphatic carbocycles. The summed E-state index contributed by atoms with van der Waals surface area (Å²) in [5.41, 5.74) is 0.457. The van der Waals surface area contributed by atoms with Crippen molar-refractivity contribution in [3.05, 3.63) is 10.6 Å². The highest BCUT2D eigenvalue weighted by Gasteiger charge is 2.20. The molecule has 0 fully saturated rings. The molecule has 0 atom stereocenters. The van der Waals surface area contributed by atoms with E-state index in [0.29, 0.717) is 18.3 Å². The Hall–Kier alpha value is -1.10. The zero-order chi connectivity index (χ0) is 13.7. The van der Waals surface area contributed by atoms with Gasteiger partial charge in [-0.15, -0.1) is 11.3 Å². The molecule has 0 saturated carbocycles. The van der Waals surface area contributed by atoms with Crippen molar-refractivity contribution < 1.29 is 9.53 Å². The summed E-state index contributed by atoms with van der Waals surface area (Å²) in [6.45, 7) is 11.5. The van der Waals surface area contributed by atoms with E-state index in [4.69, 9.17) is 4.74 Å². The monoisotopic (exact) mass is 270 g/mol. The Balaban J connectivity index is 2.97. The van der Waals surface area contributed by atoms with Crippen molar-refractivity contribution in [3.8, 4) is 0 Å². The van der Waals surface area contributed by atoms with Crippen LogP contribution in [0.25, 0.3) is 0 Å². The van der Waals surface area contributed by atoms with Crippen LogP contribution < -0.4 is 4.90 Å². The predicted octanol–water partition coefficient (Wildman–Crippen LogP) is 3.25. The lowest BCUT2D eigenvalue weighted by molar-refractivity contribution is 0.0519. The van der Waals surface area contributed by atoms with E-state index >= 15 is 0 Å². The van der Waals surface area contributed by atoms with Crippen molar-refractivity contribution in [2.45, 2.75) is 47.1 Å². The van der Waals surface area contributed by atoms with Gasteiger partial charge in [-0.05, 0) is 34.1 Å². The largest absolute Gasteiger partial charge is 0.461 e. The van der Waals surface area contributed by atoms with Crippen LogP contribution in [0.2, 0.25) is 0 Å². The van der Waals surface area contributed by atoms with Crippen LogP contribution in [0.5, 0.6) is 0 Å². The quantitative estimate of drug-likeness (QED) is 0.744. The minimum atomic E-state index is -0.322. The van der Waals surface area contributed by atoms with E-state index in [1.807, 2.05) is 6.92 Å². The van der Waals surface area contributed by atoms with E-state index in [0.717, 1.165) is 23.0 Å². The van der Waals surface area contributed by atoms with Gasteiger partial charge in [0.15, 0.2) is 10.8 Å². The first-order chi connectivity index (χ1) is 8.51. The van der Waals surface area contributed by atoms with Gasteiger partial charge in [0.2, 0.25) is 0 Å². The fourth-order valence-corrected chi connectivity index (χ4v) is 2.77. The fourth-order valence-electron chi connectivity index (χ4n) is 1.71. The first-order valence-electron chi connectivity index (χ1n) is 6.42. The number of rotatable bonds is 6. The van der Waals surface area contributed by atoms with Crippen LogP contribution in [-0.4, -0.2) is 30.1 Å². The Morgan fingerprint density at radius 1 is 1.44 bits per heavy atom. The molecule has 0 saturated heterocycles. The molecule has 0 unspecified atom stereocenters. The highest BCUT2D eigenvalue weighted by Crippen LogP contribution is 2.27. The molecule has 5 heteroatoms. The molecule has 0 N–H and O–H groups in total. The lowest BCUT2D eigenvalue weighted by atomic mass is 10.3. The number of hydrogen-bond acceptors (Lipinski definition) is 5. The van der Waals surface area contributed by atoms with Gasteiger partial charge >= 0.3 is 5.97 Å². The van der Waals surface area contributed by atoms with Crippen molar-refractivity contribution in [2.75, 3.05) is 18.1 Å². The van der Waals surface area contributed by atoms with Crippen molar-refractivity contribution in [1.29, 1.82) is 0 Å². The van der Waals surface area contributed by atoms with Crippen molar-refractivity contribution in [3.63, 3.8) is 0 Å². The summed E-state index contributed by atoms with van der Waals surface area (Å²) < 4.78 is 5.01. The average Bonchev–Trinajstić information content (AvgIpc) is 2.67. The topological polar surface area (TPSA) is 42.4 Å². The number of nitrogens with zero attached hydrogens (tertiary/aromatic N) is 2. The molecule has 1 aromatic rings. The van der Waals surface area contributed by atoms with Crippen LogP contribution in [0.3, 0.4) is 0 Å². The minimum Gasteiger partial charge on any atom is -0.461 e. The highest BCUT2D eigenvalue weighted by molar-refractivity contribution is 7.15. The Morgan fingerprint density at radius 2 is 2.11 bits per heavy atom. The van der Waals surface area contributed by atoms with Crippen LogP contribution in [0.15, 0.2) is 0 Å². The summed E-state index contributed by atoms with van der Waals surface area (Å²) in [4.78, 5) is 19.3. The van der Waals surface area contributed by atoms with E-state index in [-0.39, 0.29) is 5.97 Å². The van der Waals surface area contributed by atoms with Crippen LogP contribution in [0.4, 0.5) is 5.13 Å². The van der Waals surface area contributed by atoms with Crippen molar-refractivity contribution in [2.24, 2.45) is 0 Å². The summed E-state index contributed by atoms with van der Waals surface area (Å²) in [5, 5.41) is 0.910. The van der Waals surface area contributed by atoms with E-state index in [1.165, 1.54) is 0 Å². The van der Waals surface area contributed by atoms with Gasteiger partial charge in [-0.1, -0.05) is 6.92 Å². The fraction of sp³-hybridized carbons (Fsp3) is 0.692. The summed E-state index contributed by atoms with van der Waals surface area (Å²) in [5.74, 6) is -0.322. The number of carbonyl (C=O) groups excluding carboxylic acids is 1. The number of carbonyl (C=O) groups is 1. The van der Waals surface area contributed by atoms with Gasteiger partial charge in [0.05, 0.1) is 6.61 Å². The molecule has 1 rings (SSSR count). The SMILES string of the molecule is CCCN(c1nc(C(=O)OCC)c(C)s1)C(C)C. The molecule has 102 valence electrons. The summed E-state index contributed by atoms with van der Waals surface area (Å²) >= 11 is 1.56. The van der Waals surface area contributed by atoms with Crippen LogP contribution in [-0.2, 0) is 4.74 Å².